The van der Waals surface area contributed by atoms with Crippen LogP contribution in [0.4, 0.5) is 0 Å². The summed E-state index contributed by atoms with van der Waals surface area (Å²) in [7, 11) is 3.52. The minimum atomic E-state index is 0.453. The molecule has 2 rings (SSSR count). The Labute approximate surface area is 115 Å². The SMILES string of the molecule is COc1ccccc1C=CCN1CCC(OC)CC1. The predicted molar refractivity (Wildman–Crippen MR) is 78.5 cm³/mol. The van der Waals surface area contributed by atoms with Gasteiger partial charge in [0.05, 0.1) is 13.2 Å². The molecule has 1 aliphatic heterocycles. The van der Waals surface area contributed by atoms with Gasteiger partial charge in [0.25, 0.3) is 0 Å². The number of hydrogen-bond acceptors (Lipinski definition) is 3. The van der Waals surface area contributed by atoms with E-state index >= 15 is 0 Å². The van der Waals surface area contributed by atoms with Gasteiger partial charge < -0.3 is 9.47 Å². The van der Waals surface area contributed by atoms with Gasteiger partial charge in [-0.15, -0.1) is 0 Å². The molecule has 1 saturated heterocycles. The lowest BCUT2D eigenvalue weighted by Crippen LogP contribution is -2.36. The summed E-state index contributed by atoms with van der Waals surface area (Å²) in [5.74, 6) is 0.928. The quantitative estimate of drug-likeness (QED) is 0.813. The summed E-state index contributed by atoms with van der Waals surface area (Å²) >= 11 is 0. The van der Waals surface area contributed by atoms with Crippen molar-refractivity contribution in [2.45, 2.75) is 18.9 Å². The van der Waals surface area contributed by atoms with Crippen LogP contribution in [-0.4, -0.2) is 44.9 Å². The van der Waals surface area contributed by atoms with Crippen LogP contribution in [0.5, 0.6) is 5.75 Å². The number of rotatable bonds is 5. The summed E-state index contributed by atoms with van der Waals surface area (Å²) in [6, 6.07) is 8.09. The van der Waals surface area contributed by atoms with Crippen LogP contribution >= 0.6 is 0 Å². The first-order chi connectivity index (χ1) is 9.33. The van der Waals surface area contributed by atoms with Crippen molar-refractivity contribution in [3.63, 3.8) is 0 Å². The Kier molecular flexibility index (Phi) is 5.43. The average Bonchev–Trinajstić information content (AvgIpc) is 2.48. The molecule has 1 fully saturated rings. The van der Waals surface area contributed by atoms with Crippen molar-refractivity contribution in [1.29, 1.82) is 0 Å². The Morgan fingerprint density at radius 1 is 1.21 bits per heavy atom. The van der Waals surface area contributed by atoms with Crippen molar-refractivity contribution < 1.29 is 9.47 Å². The second kappa shape index (κ2) is 7.31. The molecule has 0 N–H and O–H groups in total. The van der Waals surface area contributed by atoms with Crippen molar-refractivity contribution >= 4 is 6.08 Å². The van der Waals surface area contributed by atoms with Gasteiger partial charge in [-0.25, -0.2) is 0 Å². The molecule has 0 radical (unpaired) electrons. The molecule has 1 aromatic carbocycles. The molecule has 0 aromatic heterocycles. The van der Waals surface area contributed by atoms with E-state index in [1.54, 1.807) is 7.11 Å². The maximum atomic E-state index is 5.38. The molecule has 0 saturated carbocycles. The molecule has 3 heteroatoms. The molecular formula is C16H23NO2. The second-order valence-electron chi connectivity index (χ2n) is 4.88. The zero-order chi connectivity index (χ0) is 13.5. The van der Waals surface area contributed by atoms with Crippen molar-refractivity contribution in [3.05, 3.63) is 35.9 Å². The Morgan fingerprint density at radius 2 is 1.95 bits per heavy atom. The second-order valence-corrected chi connectivity index (χ2v) is 4.88. The highest BCUT2D eigenvalue weighted by molar-refractivity contribution is 5.57. The first-order valence-corrected chi connectivity index (χ1v) is 6.88. The van der Waals surface area contributed by atoms with Crippen LogP contribution in [0, 0.1) is 0 Å². The van der Waals surface area contributed by atoms with Crippen LogP contribution < -0.4 is 4.74 Å². The largest absolute Gasteiger partial charge is 0.496 e. The molecule has 0 spiro atoms. The van der Waals surface area contributed by atoms with Gasteiger partial charge in [0, 0.05) is 32.3 Å². The van der Waals surface area contributed by atoms with Gasteiger partial charge in [-0.2, -0.15) is 0 Å². The van der Waals surface area contributed by atoms with Gasteiger partial charge in [0.1, 0.15) is 5.75 Å². The minimum Gasteiger partial charge on any atom is -0.496 e. The van der Waals surface area contributed by atoms with E-state index in [0.29, 0.717) is 6.10 Å². The van der Waals surface area contributed by atoms with E-state index in [-0.39, 0.29) is 0 Å². The lowest BCUT2D eigenvalue weighted by atomic mass is 10.1. The smallest absolute Gasteiger partial charge is 0.126 e. The van der Waals surface area contributed by atoms with Crippen molar-refractivity contribution in [3.8, 4) is 5.75 Å². The third-order valence-electron chi connectivity index (χ3n) is 3.67. The van der Waals surface area contributed by atoms with Gasteiger partial charge in [-0.1, -0.05) is 30.4 Å². The summed E-state index contributed by atoms with van der Waals surface area (Å²) in [6.45, 7) is 3.23. The molecule has 19 heavy (non-hydrogen) atoms. The summed E-state index contributed by atoms with van der Waals surface area (Å²) in [4.78, 5) is 2.46. The molecular weight excluding hydrogens is 238 g/mol. The Bertz CT molecular complexity index is 409. The molecule has 0 unspecified atom stereocenters. The number of methoxy groups -OCH3 is 2. The van der Waals surface area contributed by atoms with E-state index in [2.05, 4.69) is 23.1 Å². The van der Waals surface area contributed by atoms with Crippen molar-refractivity contribution in [2.24, 2.45) is 0 Å². The molecule has 104 valence electrons. The van der Waals surface area contributed by atoms with Gasteiger partial charge in [-0.05, 0) is 18.9 Å². The third kappa shape index (κ3) is 4.08. The molecule has 0 aliphatic carbocycles. The van der Waals surface area contributed by atoms with Crippen molar-refractivity contribution in [1.82, 2.24) is 4.90 Å². The monoisotopic (exact) mass is 261 g/mol. The number of ether oxygens (including phenoxy) is 2. The van der Waals surface area contributed by atoms with Crippen LogP contribution in [0.25, 0.3) is 6.08 Å². The van der Waals surface area contributed by atoms with Gasteiger partial charge in [-0.3, -0.25) is 4.90 Å². The highest BCUT2D eigenvalue weighted by Crippen LogP contribution is 2.19. The fourth-order valence-corrected chi connectivity index (χ4v) is 2.46. The van der Waals surface area contributed by atoms with Gasteiger partial charge >= 0.3 is 0 Å². The van der Waals surface area contributed by atoms with Gasteiger partial charge in [0.15, 0.2) is 0 Å². The van der Waals surface area contributed by atoms with Gasteiger partial charge in [0.2, 0.25) is 0 Å². The number of para-hydroxylation sites is 1. The number of piperidine rings is 1. The summed E-state index contributed by atoms with van der Waals surface area (Å²) in [6.07, 6.45) is 7.08. The van der Waals surface area contributed by atoms with E-state index in [4.69, 9.17) is 9.47 Å². The highest BCUT2D eigenvalue weighted by atomic mass is 16.5. The standard InChI is InChI=1S/C16H23NO2/c1-18-15-9-12-17(13-10-15)11-5-7-14-6-3-4-8-16(14)19-2/h3-8,15H,9-13H2,1-2H3. The predicted octanol–water partition coefficient (Wildman–Crippen LogP) is 2.82. The summed E-state index contributed by atoms with van der Waals surface area (Å²) < 4.78 is 10.7. The number of likely N-dealkylation sites (tertiary alicyclic amines) is 1. The normalized spacial score (nSPS) is 18.0. The van der Waals surface area contributed by atoms with E-state index in [9.17, 15) is 0 Å². The first kappa shape index (κ1) is 14.1. The maximum absolute atomic E-state index is 5.38. The summed E-state index contributed by atoms with van der Waals surface area (Å²) in [5.41, 5.74) is 1.14. The highest BCUT2D eigenvalue weighted by Gasteiger charge is 2.17. The molecule has 1 aromatic rings. The lowest BCUT2D eigenvalue weighted by molar-refractivity contribution is 0.0445. The molecule has 0 atom stereocenters. The molecule has 0 bridgehead atoms. The molecule has 1 aliphatic rings. The van der Waals surface area contributed by atoms with Crippen molar-refractivity contribution in [2.75, 3.05) is 33.9 Å². The zero-order valence-corrected chi connectivity index (χ0v) is 11.8. The number of benzene rings is 1. The van der Waals surface area contributed by atoms with E-state index in [0.717, 1.165) is 43.8 Å². The molecule has 1 heterocycles. The Morgan fingerprint density at radius 3 is 2.63 bits per heavy atom. The Hall–Kier alpha value is -1.32. The zero-order valence-electron chi connectivity index (χ0n) is 11.8. The third-order valence-corrected chi connectivity index (χ3v) is 3.67. The number of nitrogens with zero attached hydrogens (tertiary/aromatic N) is 1. The Balaban J connectivity index is 1.83. The van der Waals surface area contributed by atoms with Crippen LogP contribution in [0.1, 0.15) is 18.4 Å². The van der Waals surface area contributed by atoms with E-state index < -0.39 is 0 Å². The number of hydrogen-bond donors (Lipinski definition) is 0. The van der Waals surface area contributed by atoms with Crippen LogP contribution in [0.15, 0.2) is 30.3 Å². The van der Waals surface area contributed by atoms with E-state index in [1.165, 1.54) is 0 Å². The van der Waals surface area contributed by atoms with Crippen LogP contribution in [0.2, 0.25) is 0 Å². The summed E-state index contributed by atoms with van der Waals surface area (Å²) in [5, 5.41) is 0. The minimum absolute atomic E-state index is 0.453. The van der Waals surface area contributed by atoms with E-state index in [1.807, 2.05) is 25.3 Å². The van der Waals surface area contributed by atoms with Crippen LogP contribution in [0.3, 0.4) is 0 Å². The molecule has 3 nitrogen and oxygen atoms in total. The fraction of sp³-hybridized carbons (Fsp3) is 0.500. The average molecular weight is 261 g/mol. The molecule has 0 amide bonds. The fourth-order valence-electron chi connectivity index (χ4n) is 2.46. The van der Waals surface area contributed by atoms with Crippen LogP contribution in [-0.2, 0) is 4.74 Å². The maximum Gasteiger partial charge on any atom is 0.126 e. The lowest BCUT2D eigenvalue weighted by Gasteiger charge is -2.30. The first-order valence-electron chi connectivity index (χ1n) is 6.88. The topological polar surface area (TPSA) is 21.7 Å².